The van der Waals surface area contributed by atoms with Crippen LogP contribution in [0.2, 0.25) is 0 Å². The Labute approximate surface area is 115 Å². The summed E-state index contributed by atoms with van der Waals surface area (Å²) in [6, 6.07) is 6.99. The predicted octanol–water partition coefficient (Wildman–Crippen LogP) is 3.77. The number of nitrogens with two attached hydrogens (primary N) is 1. The molecule has 19 heavy (non-hydrogen) atoms. The fourth-order valence-electron chi connectivity index (χ4n) is 4.35. The molecule has 0 aliphatic heterocycles. The summed E-state index contributed by atoms with van der Waals surface area (Å²) in [5.41, 5.74) is 7.04. The third kappa shape index (κ3) is 3.00. The molecule has 4 atom stereocenters. The van der Waals surface area contributed by atoms with Crippen molar-refractivity contribution in [2.75, 3.05) is 6.54 Å². The lowest BCUT2D eigenvalue weighted by Crippen LogP contribution is -2.23. The maximum absolute atomic E-state index is 13.2. The second kappa shape index (κ2) is 5.62. The molecule has 0 amide bonds. The SMILES string of the molecule is NCC(Cc1cccc(F)c1)CC1CC2CCC1C2. The van der Waals surface area contributed by atoms with Gasteiger partial charge >= 0.3 is 0 Å². The van der Waals surface area contributed by atoms with Gasteiger partial charge in [-0.05, 0) is 80.0 Å². The van der Waals surface area contributed by atoms with Gasteiger partial charge in [-0.15, -0.1) is 0 Å². The molecule has 1 aromatic carbocycles. The normalized spacial score (nSPS) is 30.7. The van der Waals surface area contributed by atoms with E-state index in [9.17, 15) is 4.39 Å². The molecule has 104 valence electrons. The molecule has 2 bridgehead atoms. The van der Waals surface area contributed by atoms with Gasteiger partial charge in [0.15, 0.2) is 0 Å². The Balaban J connectivity index is 1.59. The van der Waals surface area contributed by atoms with E-state index >= 15 is 0 Å². The summed E-state index contributed by atoms with van der Waals surface area (Å²) in [6.07, 6.45) is 7.95. The van der Waals surface area contributed by atoms with E-state index in [-0.39, 0.29) is 5.82 Å². The van der Waals surface area contributed by atoms with Crippen LogP contribution in [0.25, 0.3) is 0 Å². The summed E-state index contributed by atoms with van der Waals surface area (Å²) in [4.78, 5) is 0. The molecule has 0 radical (unpaired) electrons. The minimum Gasteiger partial charge on any atom is -0.330 e. The highest BCUT2D eigenvalue weighted by Crippen LogP contribution is 2.50. The van der Waals surface area contributed by atoms with E-state index in [1.54, 1.807) is 12.1 Å². The van der Waals surface area contributed by atoms with E-state index in [0.717, 1.165) is 36.3 Å². The summed E-state index contributed by atoms with van der Waals surface area (Å²) in [6.45, 7) is 0.727. The van der Waals surface area contributed by atoms with Gasteiger partial charge in [0, 0.05) is 0 Å². The summed E-state index contributed by atoms with van der Waals surface area (Å²) in [5, 5.41) is 0. The average molecular weight is 261 g/mol. The summed E-state index contributed by atoms with van der Waals surface area (Å²) >= 11 is 0. The van der Waals surface area contributed by atoms with Gasteiger partial charge < -0.3 is 5.73 Å². The Morgan fingerprint density at radius 2 is 2.16 bits per heavy atom. The first kappa shape index (κ1) is 13.1. The van der Waals surface area contributed by atoms with Crippen LogP contribution >= 0.6 is 0 Å². The molecule has 1 aromatic rings. The van der Waals surface area contributed by atoms with Crippen molar-refractivity contribution in [3.63, 3.8) is 0 Å². The molecule has 0 saturated heterocycles. The van der Waals surface area contributed by atoms with Gasteiger partial charge in [-0.2, -0.15) is 0 Å². The second-order valence-electron chi connectivity index (χ2n) is 6.61. The van der Waals surface area contributed by atoms with Crippen LogP contribution in [-0.4, -0.2) is 6.54 Å². The van der Waals surface area contributed by atoms with Gasteiger partial charge in [-0.25, -0.2) is 4.39 Å². The molecule has 0 aromatic heterocycles. The lowest BCUT2D eigenvalue weighted by atomic mass is 9.80. The Morgan fingerprint density at radius 3 is 2.79 bits per heavy atom. The highest BCUT2D eigenvalue weighted by Gasteiger charge is 2.39. The van der Waals surface area contributed by atoms with Crippen molar-refractivity contribution in [1.29, 1.82) is 0 Å². The third-order valence-electron chi connectivity index (χ3n) is 5.27. The maximum atomic E-state index is 13.2. The molecule has 4 unspecified atom stereocenters. The van der Waals surface area contributed by atoms with E-state index < -0.39 is 0 Å². The molecule has 2 aliphatic carbocycles. The Morgan fingerprint density at radius 1 is 1.26 bits per heavy atom. The highest BCUT2D eigenvalue weighted by molar-refractivity contribution is 5.17. The summed E-state index contributed by atoms with van der Waals surface area (Å²) in [7, 11) is 0. The number of hydrogen-bond donors (Lipinski definition) is 1. The molecule has 2 saturated carbocycles. The molecule has 0 spiro atoms. The van der Waals surface area contributed by atoms with Crippen molar-refractivity contribution in [1.82, 2.24) is 0 Å². The summed E-state index contributed by atoms with van der Waals surface area (Å²) < 4.78 is 13.2. The number of halogens is 1. The molecule has 2 heteroatoms. The molecule has 1 nitrogen and oxygen atoms in total. The van der Waals surface area contributed by atoms with Crippen molar-refractivity contribution in [2.24, 2.45) is 29.4 Å². The van der Waals surface area contributed by atoms with Crippen LogP contribution in [0.4, 0.5) is 4.39 Å². The Hall–Kier alpha value is -0.890. The van der Waals surface area contributed by atoms with E-state index in [2.05, 4.69) is 0 Å². The van der Waals surface area contributed by atoms with Crippen LogP contribution in [0.3, 0.4) is 0 Å². The van der Waals surface area contributed by atoms with Crippen LogP contribution < -0.4 is 5.73 Å². The van der Waals surface area contributed by atoms with Crippen molar-refractivity contribution in [3.05, 3.63) is 35.6 Å². The van der Waals surface area contributed by atoms with Gasteiger partial charge in [0.05, 0.1) is 0 Å². The van der Waals surface area contributed by atoms with Gasteiger partial charge in [0.1, 0.15) is 5.82 Å². The molecular formula is C17H24FN. The maximum Gasteiger partial charge on any atom is 0.123 e. The zero-order chi connectivity index (χ0) is 13.2. The standard InChI is InChI=1S/C17H24FN/c18-17-3-1-2-12(10-17)6-14(11-19)9-16-8-13-4-5-15(16)7-13/h1-3,10,13-16H,4-9,11,19H2. The molecule has 0 heterocycles. The van der Waals surface area contributed by atoms with Crippen LogP contribution in [0.1, 0.15) is 37.7 Å². The van der Waals surface area contributed by atoms with Crippen molar-refractivity contribution >= 4 is 0 Å². The molecule has 2 N–H and O–H groups in total. The van der Waals surface area contributed by atoms with Gasteiger partial charge in [-0.1, -0.05) is 18.6 Å². The number of rotatable bonds is 5. The van der Waals surface area contributed by atoms with Gasteiger partial charge in [0.2, 0.25) is 0 Å². The minimum atomic E-state index is -0.131. The lowest BCUT2D eigenvalue weighted by Gasteiger charge is -2.26. The lowest BCUT2D eigenvalue weighted by molar-refractivity contribution is 0.268. The van der Waals surface area contributed by atoms with E-state index in [1.165, 1.54) is 38.2 Å². The van der Waals surface area contributed by atoms with E-state index in [4.69, 9.17) is 5.73 Å². The van der Waals surface area contributed by atoms with Crippen LogP contribution in [-0.2, 0) is 6.42 Å². The van der Waals surface area contributed by atoms with E-state index in [1.807, 2.05) is 6.07 Å². The summed E-state index contributed by atoms with van der Waals surface area (Å²) in [5.74, 6) is 3.24. The zero-order valence-electron chi connectivity index (χ0n) is 11.5. The molecular weight excluding hydrogens is 237 g/mol. The Kier molecular flexibility index (Phi) is 3.88. The largest absolute Gasteiger partial charge is 0.330 e. The molecule has 2 fully saturated rings. The predicted molar refractivity (Wildman–Crippen MR) is 76.2 cm³/mol. The van der Waals surface area contributed by atoms with Crippen molar-refractivity contribution in [2.45, 2.75) is 38.5 Å². The quantitative estimate of drug-likeness (QED) is 0.858. The van der Waals surface area contributed by atoms with Crippen LogP contribution in [0.15, 0.2) is 24.3 Å². The van der Waals surface area contributed by atoms with Crippen LogP contribution in [0.5, 0.6) is 0 Å². The zero-order valence-corrected chi connectivity index (χ0v) is 11.5. The fourth-order valence-corrected chi connectivity index (χ4v) is 4.35. The van der Waals surface area contributed by atoms with Crippen molar-refractivity contribution < 1.29 is 4.39 Å². The molecule has 3 rings (SSSR count). The first-order chi connectivity index (χ1) is 9.24. The first-order valence-corrected chi connectivity index (χ1v) is 7.69. The average Bonchev–Trinajstić information content (AvgIpc) is 3.00. The first-order valence-electron chi connectivity index (χ1n) is 7.69. The topological polar surface area (TPSA) is 26.0 Å². The smallest absolute Gasteiger partial charge is 0.123 e. The number of hydrogen-bond acceptors (Lipinski definition) is 1. The van der Waals surface area contributed by atoms with Crippen LogP contribution in [0, 0.1) is 29.5 Å². The van der Waals surface area contributed by atoms with E-state index in [0.29, 0.717) is 5.92 Å². The van der Waals surface area contributed by atoms with Crippen molar-refractivity contribution in [3.8, 4) is 0 Å². The van der Waals surface area contributed by atoms with Gasteiger partial charge in [-0.3, -0.25) is 0 Å². The van der Waals surface area contributed by atoms with Gasteiger partial charge in [0.25, 0.3) is 0 Å². The second-order valence-corrected chi connectivity index (χ2v) is 6.61. The molecule has 2 aliphatic rings. The monoisotopic (exact) mass is 261 g/mol. The minimum absolute atomic E-state index is 0.131. The highest BCUT2D eigenvalue weighted by atomic mass is 19.1. The fraction of sp³-hybridized carbons (Fsp3) is 0.647. The Bertz CT molecular complexity index is 431. The number of fused-ring (bicyclic) bond motifs is 2. The number of benzene rings is 1. The third-order valence-corrected chi connectivity index (χ3v) is 5.27.